The molecule has 0 saturated carbocycles. The largest absolute Gasteiger partial charge is 0.497 e. The topological polar surface area (TPSA) is 87.7 Å². The van der Waals surface area contributed by atoms with Gasteiger partial charge in [-0.2, -0.15) is 0 Å². The van der Waals surface area contributed by atoms with Gasteiger partial charge in [0.25, 0.3) is 5.91 Å². The van der Waals surface area contributed by atoms with E-state index in [0.29, 0.717) is 5.75 Å². The third-order valence-electron chi connectivity index (χ3n) is 3.14. The Hall–Kier alpha value is -2.57. The van der Waals surface area contributed by atoms with Crippen molar-refractivity contribution < 1.29 is 19.1 Å². The van der Waals surface area contributed by atoms with Crippen LogP contribution in [0.3, 0.4) is 0 Å². The first-order chi connectivity index (χ1) is 10.0. The van der Waals surface area contributed by atoms with Crippen molar-refractivity contribution >= 4 is 17.8 Å². The Balaban J connectivity index is 1.97. The molecule has 7 nitrogen and oxygen atoms in total. The maximum absolute atomic E-state index is 12.0. The van der Waals surface area contributed by atoms with E-state index in [9.17, 15) is 14.4 Å². The van der Waals surface area contributed by atoms with E-state index in [1.54, 1.807) is 26.2 Å². The highest BCUT2D eigenvalue weighted by molar-refractivity contribution is 6.04. The highest BCUT2D eigenvalue weighted by Crippen LogP contribution is 2.12. The third kappa shape index (κ3) is 3.50. The van der Waals surface area contributed by atoms with Crippen LogP contribution < -0.4 is 15.4 Å². The standard InChI is InChI=1S/C14H17N3O4/c1-9-13(19)17(8-12(18)16-9)14(20)15-7-10-4-3-5-11(6-10)21-2/h3-6,9H,7-8H2,1-2H3,(H,15,20)(H,16,18). The van der Waals surface area contributed by atoms with E-state index in [-0.39, 0.29) is 19.0 Å². The lowest BCUT2D eigenvalue weighted by atomic mass is 10.2. The number of piperazine rings is 1. The molecule has 1 aliphatic rings. The second kappa shape index (κ2) is 6.25. The molecule has 4 amide bonds. The Morgan fingerprint density at radius 1 is 1.48 bits per heavy atom. The summed E-state index contributed by atoms with van der Waals surface area (Å²) in [6, 6.07) is 5.95. The van der Waals surface area contributed by atoms with E-state index in [0.717, 1.165) is 10.5 Å². The van der Waals surface area contributed by atoms with Crippen LogP contribution in [0.5, 0.6) is 5.75 Å². The Morgan fingerprint density at radius 3 is 2.95 bits per heavy atom. The summed E-state index contributed by atoms with van der Waals surface area (Å²) >= 11 is 0. The second-order valence-electron chi connectivity index (χ2n) is 4.72. The number of imide groups is 1. The zero-order chi connectivity index (χ0) is 15.4. The summed E-state index contributed by atoms with van der Waals surface area (Å²) in [6.07, 6.45) is 0. The fourth-order valence-electron chi connectivity index (χ4n) is 2.03. The molecule has 0 aliphatic carbocycles. The highest BCUT2D eigenvalue weighted by atomic mass is 16.5. The molecule has 1 aromatic carbocycles. The van der Waals surface area contributed by atoms with Gasteiger partial charge in [-0.25, -0.2) is 4.79 Å². The molecule has 0 aromatic heterocycles. The van der Waals surface area contributed by atoms with Gasteiger partial charge in [-0.15, -0.1) is 0 Å². The summed E-state index contributed by atoms with van der Waals surface area (Å²) in [5.41, 5.74) is 0.838. The Kier molecular flexibility index (Phi) is 4.42. The molecule has 0 radical (unpaired) electrons. The van der Waals surface area contributed by atoms with Crippen molar-refractivity contribution in [2.24, 2.45) is 0 Å². The van der Waals surface area contributed by atoms with Gasteiger partial charge in [0, 0.05) is 6.54 Å². The highest BCUT2D eigenvalue weighted by Gasteiger charge is 2.33. The van der Waals surface area contributed by atoms with Crippen LogP contribution >= 0.6 is 0 Å². The fraction of sp³-hybridized carbons (Fsp3) is 0.357. The van der Waals surface area contributed by atoms with Gasteiger partial charge in [-0.1, -0.05) is 12.1 Å². The number of hydrogen-bond donors (Lipinski definition) is 2. The van der Waals surface area contributed by atoms with Gasteiger partial charge in [0.15, 0.2) is 0 Å². The average molecular weight is 291 g/mol. The minimum atomic E-state index is -0.686. The summed E-state index contributed by atoms with van der Waals surface area (Å²) < 4.78 is 5.09. The molecule has 1 fully saturated rings. The van der Waals surface area contributed by atoms with Crippen molar-refractivity contribution in [1.29, 1.82) is 0 Å². The molecule has 0 bridgehead atoms. The first-order valence-corrected chi connectivity index (χ1v) is 6.52. The van der Waals surface area contributed by atoms with Gasteiger partial charge >= 0.3 is 6.03 Å². The predicted molar refractivity (Wildman–Crippen MR) is 74.5 cm³/mol. The molecule has 1 aliphatic heterocycles. The lowest BCUT2D eigenvalue weighted by molar-refractivity contribution is -0.140. The summed E-state index contributed by atoms with van der Waals surface area (Å²) in [6.45, 7) is 1.53. The smallest absolute Gasteiger partial charge is 0.324 e. The Morgan fingerprint density at radius 2 is 2.24 bits per heavy atom. The van der Waals surface area contributed by atoms with Crippen LogP contribution in [-0.2, 0) is 16.1 Å². The third-order valence-corrected chi connectivity index (χ3v) is 3.14. The van der Waals surface area contributed by atoms with Crippen LogP contribution in [0.1, 0.15) is 12.5 Å². The quantitative estimate of drug-likeness (QED) is 0.835. The summed E-state index contributed by atoms with van der Waals surface area (Å²) in [5, 5.41) is 5.10. The summed E-state index contributed by atoms with van der Waals surface area (Å²) in [4.78, 5) is 36.2. The number of carbonyl (C=O) groups excluding carboxylic acids is 3. The van der Waals surface area contributed by atoms with Crippen LogP contribution in [0.15, 0.2) is 24.3 Å². The van der Waals surface area contributed by atoms with E-state index in [1.165, 1.54) is 0 Å². The maximum Gasteiger partial charge on any atom is 0.324 e. The lowest BCUT2D eigenvalue weighted by Crippen LogP contribution is -2.60. The van der Waals surface area contributed by atoms with Crippen molar-refractivity contribution in [3.8, 4) is 5.75 Å². The van der Waals surface area contributed by atoms with Crippen LogP contribution in [0, 0.1) is 0 Å². The molecule has 1 saturated heterocycles. The predicted octanol–water partition coefficient (Wildman–Crippen LogP) is 0.252. The number of rotatable bonds is 3. The number of benzene rings is 1. The van der Waals surface area contributed by atoms with Crippen molar-refractivity contribution in [3.05, 3.63) is 29.8 Å². The lowest BCUT2D eigenvalue weighted by Gasteiger charge is -2.29. The van der Waals surface area contributed by atoms with E-state index >= 15 is 0 Å². The number of hydrogen-bond acceptors (Lipinski definition) is 4. The van der Waals surface area contributed by atoms with Crippen molar-refractivity contribution in [1.82, 2.24) is 15.5 Å². The normalized spacial score (nSPS) is 18.2. The Bertz CT molecular complexity index is 573. The first-order valence-electron chi connectivity index (χ1n) is 6.52. The molecule has 1 aromatic rings. The number of nitrogens with zero attached hydrogens (tertiary/aromatic N) is 1. The molecule has 1 heterocycles. The number of methoxy groups -OCH3 is 1. The first kappa shape index (κ1) is 14.8. The van der Waals surface area contributed by atoms with Crippen LogP contribution in [-0.4, -0.2) is 42.4 Å². The van der Waals surface area contributed by atoms with Crippen molar-refractivity contribution in [2.75, 3.05) is 13.7 Å². The molecule has 0 spiro atoms. The van der Waals surface area contributed by atoms with Crippen LogP contribution in [0.2, 0.25) is 0 Å². The van der Waals surface area contributed by atoms with Gasteiger partial charge < -0.3 is 15.4 Å². The molecule has 1 unspecified atom stereocenters. The minimum absolute atomic E-state index is 0.246. The maximum atomic E-state index is 12.0. The van der Waals surface area contributed by atoms with Crippen LogP contribution in [0.4, 0.5) is 4.79 Å². The van der Waals surface area contributed by atoms with Gasteiger partial charge in [0.05, 0.1) is 7.11 Å². The number of carbonyl (C=O) groups is 3. The van der Waals surface area contributed by atoms with Crippen molar-refractivity contribution in [3.63, 3.8) is 0 Å². The second-order valence-corrected chi connectivity index (χ2v) is 4.72. The van der Waals surface area contributed by atoms with Gasteiger partial charge in [-0.05, 0) is 24.6 Å². The van der Waals surface area contributed by atoms with Gasteiger partial charge in [0.2, 0.25) is 5.91 Å². The minimum Gasteiger partial charge on any atom is -0.497 e. The summed E-state index contributed by atoms with van der Waals surface area (Å²) in [5.74, 6) is -0.0832. The Labute approximate surface area is 122 Å². The van der Waals surface area contributed by atoms with Crippen molar-refractivity contribution in [2.45, 2.75) is 19.5 Å². The number of nitrogens with one attached hydrogen (secondary N) is 2. The van der Waals surface area contributed by atoms with Gasteiger partial charge in [0.1, 0.15) is 18.3 Å². The number of urea groups is 1. The molecular weight excluding hydrogens is 274 g/mol. The van der Waals surface area contributed by atoms with E-state index in [1.807, 2.05) is 12.1 Å². The van der Waals surface area contributed by atoms with Crippen LogP contribution in [0.25, 0.3) is 0 Å². The SMILES string of the molecule is COc1cccc(CNC(=O)N2CC(=O)NC(C)C2=O)c1. The molecule has 2 N–H and O–H groups in total. The molecule has 112 valence electrons. The van der Waals surface area contributed by atoms with E-state index in [2.05, 4.69) is 10.6 Å². The zero-order valence-electron chi connectivity index (χ0n) is 11.9. The molecule has 2 rings (SSSR count). The summed E-state index contributed by atoms with van der Waals surface area (Å²) in [7, 11) is 1.56. The average Bonchev–Trinajstić information content (AvgIpc) is 2.48. The zero-order valence-corrected chi connectivity index (χ0v) is 11.9. The number of amides is 4. The van der Waals surface area contributed by atoms with E-state index < -0.39 is 18.0 Å². The van der Waals surface area contributed by atoms with Gasteiger partial charge in [-0.3, -0.25) is 14.5 Å². The molecule has 21 heavy (non-hydrogen) atoms. The monoisotopic (exact) mass is 291 g/mol. The number of ether oxygens (including phenoxy) is 1. The molecule has 1 atom stereocenters. The fourth-order valence-corrected chi connectivity index (χ4v) is 2.03. The van der Waals surface area contributed by atoms with E-state index in [4.69, 9.17) is 4.74 Å². The molecule has 7 heteroatoms. The molecular formula is C14H17N3O4.